The summed E-state index contributed by atoms with van der Waals surface area (Å²) in [5.74, 6) is 0. The first-order valence-electron chi connectivity index (χ1n) is 3.56. The van der Waals surface area contributed by atoms with E-state index in [1.807, 2.05) is 4.93 Å². The lowest BCUT2D eigenvalue weighted by Crippen LogP contribution is -2.08. The largest absolute Gasteiger partial charge is 0.433 e. The summed E-state index contributed by atoms with van der Waals surface area (Å²) >= 11 is 2.15. The topological polar surface area (TPSA) is 33.1 Å². The molecular formula is C8H9F3INO. The highest BCUT2D eigenvalue weighted by molar-refractivity contribution is 14.1. The van der Waals surface area contributed by atoms with Gasteiger partial charge in [-0.15, -0.1) is 0 Å². The van der Waals surface area contributed by atoms with E-state index < -0.39 is 18.5 Å². The molecule has 0 aliphatic rings. The Bertz CT molecular complexity index is 278. The molecule has 0 atom stereocenters. The molecule has 0 saturated carbocycles. The third-order valence-corrected chi connectivity index (χ3v) is 1.26. The lowest BCUT2D eigenvalue weighted by Gasteiger charge is -2.05. The van der Waals surface area contributed by atoms with Gasteiger partial charge in [-0.2, -0.15) is 13.2 Å². The van der Waals surface area contributed by atoms with Crippen LogP contribution in [0.1, 0.15) is 11.4 Å². The molecule has 0 bridgehead atoms. The lowest BCUT2D eigenvalue weighted by atomic mass is 10.3. The van der Waals surface area contributed by atoms with Crippen LogP contribution in [-0.4, -0.2) is 15.0 Å². The van der Waals surface area contributed by atoms with Crippen LogP contribution in [0.3, 0.4) is 0 Å². The minimum atomic E-state index is -4.44. The molecule has 1 aromatic rings. The predicted molar refractivity (Wildman–Crippen MR) is 55.1 cm³/mol. The summed E-state index contributed by atoms with van der Waals surface area (Å²) in [6.45, 7) is -0.482. The maximum Gasteiger partial charge on any atom is 0.433 e. The van der Waals surface area contributed by atoms with Crippen LogP contribution < -0.4 is 0 Å². The standard InChI is InChI=1S/C7H6F3NO.CH3I/c8-7(9,10)6-3-1-2-5(4-12)11-6;1-2/h1-3,12H,4H2;1H3. The van der Waals surface area contributed by atoms with Crippen molar-refractivity contribution in [1.29, 1.82) is 0 Å². The van der Waals surface area contributed by atoms with Crippen molar-refractivity contribution < 1.29 is 18.3 Å². The first-order chi connectivity index (χ1) is 6.54. The molecule has 2 nitrogen and oxygen atoms in total. The Morgan fingerprint density at radius 2 is 1.93 bits per heavy atom. The summed E-state index contributed by atoms with van der Waals surface area (Å²) in [4.78, 5) is 5.16. The van der Waals surface area contributed by atoms with Gasteiger partial charge in [0.2, 0.25) is 0 Å². The van der Waals surface area contributed by atoms with E-state index in [1.165, 1.54) is 12.1 Å². The van der Waals surface area contributed by atoms with E-state index in [2.05, 4.69) is 27.6 Å². The minimum absolute atomic E-state index is 0.0184. The molecular weight excluding hydrogens is 310 g/mol. The molecule has 0 aromatic carbocycles. The Morgan fingerprint density at radius 3 is 2.36 bits per heavy atom. The van der Waals surface area contributed by atoms with E-state index in [-0.39, 0.29) is 5.69 Å². The minimum Gasteiger partial charge on any atom is -0.390 e. The monoisotopic (exact) mass is 319 g/mol. The van der Waals surface area contributed by atoms with Crippen LogP contribution in [-0.2, 0) is 12.8 Å². The SMILES string of the molecule is CI.OCc1cccc(C(F)(F)F)n1. The van der Waals surface area contributed by atoms with Gasteiger partial charge in [0.1, 0.15) is 5.69 Å². The molecule has 1 aromatic heterocycles. The zero-order valence-corrected chi connectivity index (χ0v) is 9.50. The summed E-state index contributed by atoms with van der Waals surface area (Å²) < 4.78 is 35.9. The van der Waals surface area contributed by atoms with Crippen molar-refractivity contribution in [3.8, 4) is 0 Å². The van der Waals surface area contributed by atoms with Gasteiger partial charge in [0.25, 0.3) is 0 Å². The van der Waals surface area contributed by atoms with Crippen molar-refractivity contribution in [2.75, 3.05) is 4.93 Å². The number of aliphatic hydroxyl groups excluding tert-OH is 1. The van der Waals surface area contributed by atoms with E-state index >= 15 is 0 Å². The lowest BCUT2D eigenvalue weighted by molar-refractivity contribution is -0.141. The highest BCUT2D eigenvalue weighted by Crippen LogP contribution is 2.27. The summed E-state index contributed by atoms with van der Waals surface area (Å²) in [6, 6.07) is 3.40. The quantitative estimate of drug-likeness (QED) is 0.638. The Morgan fingerprint density at radius 1 is 1.36 bits per heavy atom. The molecule has 0 aliphatic carbocycles. The third-order valence-electron chi connectivity index (χ3n) is 1.26. The van der Waals surface area contributed by atoms with E-state index in [4.69, 9.17) is 5.11 Å². The van der Waals surface area contributed by atoms with Crippen LogP contribution in [0.5, 0.6) is 0 Å². The van der Waals surface area contributed by atoms with Gasteiger partial charge in [-0.3, -0.25) is 0 Å². The van der Waals surface area contributed by atoms with Crippen LogP contribution in [0, 0.1) is 0 Å². The van der Waals surface area contributed by atoms with Gasteiger partial charge < -0.3 is 5.11 Å². The number of halogens is 4. The number of aromatic nitrogens is 1. The summed E-state index contributed by atoms with van der Waals surface area (Å²) in [5, 5.41) is 8.50. The average Bonchev–Trinajstić information content (AvgIpc) is 2.20. The number of alkyl halides is 4. The number of nitrogens with zero attached hydrogens (tertiary/aromatic N) is 1. The average molecular weight is 319 g/mol. The maximum atomic E-state index is 12.0. The molecule has 0 amide bonds. The molecule has 1 heterocycles. The number of aliphatic hydroxyl groups is 1. The smallest absolute Gasteiger partial charge is 0.390 e. The molecule has 0 spiro atoms. The van der Waals surface area contributed by atoms with Crippen molar-refractivity contribution in [1.82, 2.24) is 4.98 Å². The van der Waals surface area contributed by atoms with Crippen molar-refractivity contribution in [3.63, 3.8) is 0 Å². The van der Waals surface area contributed by atoms with E-state index in [1.54, 1.807) is 0 Å². The first kappa shape index (κ1) is 13.6. The van der Waals surface area contributed by atoms with Gasteiger partial charge in [-0.25, -0.2) is 4.98 Å². The normalized spacial score (nSPS) is 10.4. The highest BCUT2D eigenvalue weighted by atomic mass is 127. The molecule has 0 fully saturated rings. The summed E-state index contributed by atoms with van der Waals surface area (Å²) in [6.07, 6.45) is -4.44. The van der Waals surface area contributed by atoms with Crippen LogP contribution in [0.15, 0.2) is 18.2 Å². The Kier molecular flexibility index (Phi) is 6.01. The molecule has 0 unspecified atom stereocenters. The second-order valence-corrected chi connectivity index (χ2v) is 2.17. The Labute approximate surface area is 93.3 Å². The second kappa shape index (κ2) is 6.18. The number of rotatable bonds is 1. The number of pyridine rings is 1. The van der Waals surface area contributed by atoms with Crippen LogP contribution in [0.25, 0.3) is 0 Å². The van der Waals surface area contributed by atoms with Crippen molar-refractivity contribution in [2.45, 2.75) is 12.8 Å². The molecule has 0 aliphatic heterocycles. The number of hydrogen-bond acceptors (Lipinski definition) is 2. The summed E-state index contributed by atoms with van der Waals surface area (Å²) in [5.41, 5.74) is -0.959. The van der Waals surface area contributed by atoms with Gasteiger partial charge in [0, 0.05) is 0 Å². The Balaban J connectivity index is 0.000000791. The summed E-state index contributed by atoms with van der Waals surface area (Å²) in [7, 11) is 0. The van der Waals surface area contributed by atoms with Gasteiger partial charge >= 0.3 is 6.18 Å². The fourth-order valence-corrected chi connectivity index (χ4v) is 0.726. The molecule has 14 heavy (non-hydrogen) atoms. The zero-order valence-electron chi connectivity index (χ0n) is 7.35. The van der Waals surface area contributed by atoms with Gasteiger partial charge in [-0.05, 0) is 17.1 Å². The molecule has 1 N–H and O–H groups in total. The number of hydrogen-bond donors (Lipinski definition) is 1. The van der Waals surface area contributed by atoms with Crippen LogP contribution >= 0.6 is 22.6 Å². The van der Waals surface area contributed by atoms with Gasteiger partial charge in [0.15, 0.2) is 0 Å². The molecule has 6 heteroatoms. The highest BCUT2D eigenvalue weighted by Gasteiger charge is 2.32. The van der Waals surface area contributed by atoms with Gasteiger partial charge in [0.05, 0.1) is 12.3 Å². The van der Waals surface area contributed by atoms with Crippen LogP contribution in [0.4, 0.5) is 13.2 Å². The first-order valence-corrected chi connectivity index (χ1v) is 5.71. The van der Waals surface area contributed by atoms with Crippen molar-refractivity contribution >= 4 is 22.6 Å². The second-order valence-electron chi connectivity index (χ2n) is 2.17. The van der Waals surface area contributed by atoms with Crippen LogP contribution in [0.2, 0.25) is 0 Å². The predicted octanol–water partition coefficient (Wildman–Crippen LogP) is 2.64. The third kappa shape index (κ3) is 4.23. The fraction of sp³-hybridized carbons (Fsp3) is 0.375. The Hall–Kier alpha value is -0.370. The van der Waals surface area contributed by atoms with E-state index in [9.17, 15) is 13.2 Å². The van der Waals surface area contributed by atoms with Crippen molar-refractivity contribution in [2.24, 2.45) is 0 Å². The molecule has 0 saturated heterocycles. The van der Waals surface area contributed by atoms with E-state index in [0.717, 1.165) is 6.07 Å². The maximum absolute atomic E-state index is 12.0. The van der Waals surface area contributed by atoms with E-state index in [0.29, 0.717) is 0 Å². The molecule has 0 radical (unpaired) electrons. The van der Waals surface area contributed by atoms with Gasteiger partial charge in [-0.1, -0.05) is 28.7 Å². The molecule has 80 valence electrons. The fourth-order valence-electron chi connectivity index (χ4n) is 0.726. The van der Waals surface area contributed by atoms with Crippen molar-refractivity contribution in [3.05, 3.63) is 29.6 Å². The zero-order chi connectivity index (χ0) is 11.2. The molecule has 1 rings (SSSR count).